The smallest absolute Gasteiger partial charge is 0.254 e. The van der Waals surface area contributed by atoms with Crippen LogP contribution in [0.1, 0.15) is 36.2 Å². The fraction of sp³-hybridized carbons (Fsp3) is 0.462. The molecular formula is C13H21N3O. The number of nitrogens with zero attached hydrogens (tertiary/aromatic N) is 1. The Morgan fingerprint density at radius 2 is 2.12 bits per heavy atom. The van der Waals surface area contributed by atoms with Gasteiger partial charge in [0.1, 0.15) is 0 Å². The molecule has 0 aromatic heterocycles. The van der Waals surface area contributed by atoms with E-state index < -0.39 is 0 Å². The lowest BCUT2D eigenvalue weighted by molar-refractivity contribution is 0.0764. The normalized spacial score (nSPS) is 10.1. The van der Waals surface area contributed by atoms with Gasteiger partial charge in [-0.2, -0.15) is 0 Å². The summed E-state index contributed by atoms with van der Waals surface area (Å²) in [7, 11) is 0. The molecule has 17 heavy (non-hydrogen) atoms. The van der Waals surface area contributed by atoms with E-state index in [-0.39, 0.29) is 5.91 Å². The number of nitrogens with two attached hydrogens (primary N) is 1. The summed E-state index contributed by atoms with van der Waals surface area (Å²) in [6.45, 7) is 7.53. The minimum absolute atomic E-state index is 0.0930. The summed E-state index contributed by atoms with van der Waals surface area (Å²) in [5.41, 5.74) is 5.09. The molecule has 0 aliphatic heterocycles. The summed E-state index contributed by atoms with van der Waals surface area (Å²) < 4.78 is 0. The fourth-order valence-corrected chi connectivity index (χ4v) is 1.84. The molecule has 94 valence electrons. The van der Waals surface area contributed by atoms with Crippen LogP contribution in [-0.4, -0.2) is 23.9 Å². The van der Waals surface area contributed by atoms with Crippen LogP contribution < -0.4 is 11.3 Å². The highest BCUT2D eigenvalue weighted by Crippen LogP contribution is 2.16. The third kappa shape index (κ3) is 3.20. The summed E-state index contributed by atoms with van der Waals surface area (Å²) in [6.07, 6.45) is 0.973. The van der Waals surface area contributed by atoms with E-state index in [0.29, 0.717) is 0 Å². The monoisotopic (exact) mass is 235 g/mol. The van der Waals surface area contributed by atoms with Crippen LogP contribution in [0.25, 0.3) is 0 Å². The van der Waals surface area contributed by atoms with Crippen molar-refractivity contribution in [1.29, 1.82) is 0 Å². The van der Waals surface area contributed by atoms with Gasteiger partial charge in [-0.15, -0.1) is 0 Å². The Kier molecular flexibility index (Phi) is 4.97. The molecule has 0 radical (unpaired) electrons. The van der Waals surface area contributed by atoms with Gasteiger partial charge in [0.25, 0.3) is 5.91 Å². The number of benzene rings is 1. The molecule has 3 N–H and O–H groups in total. The van der Waals surface area contributed by atoms with E-state index in [1.807, 2.05) is 36.9 Å². The topological polar surface area (TPSA) is 58.4 Å². The van der Waals surface area contributed by atoms with Crippen LogP contribution >= 0.6 is 0 Å². The highest BCUT2D eigenvalue weighted by atomic mass is 16.2. The number of carbonyl (C=O) groups is 1. The molecule has 0 saturated heterocycles. The zero-order chi connectivity index (χ0) is 12.8. The number of rotatable bonds is 5. The van der Waals surface area contributed by atoms with E-state index in [2.05, 4.69) is 12.3 Å². The number of nitrogens with one attached hydrogen (secondary N) is 1. The predicted molar refractivity (Wildman–Crippen MR) is 70.9 cm³/mol. The molecule has 0 heterocycles. The number of aryl methyl sites for hydroxylation is 1. The Labute approximate surface area is 103 Å². The van der Waals surface area contributed by atoms with Crippen LogP contribution in [0.5, 0.6) is 0 Å². The van der Waals surface area contributed by atoms with Gasteiger partial charge < -0.3 is 10.3 Å². The average Bonchev–Trinajstić information content (AvgIpc) is 2.35. The molecule has 0 aliphatic carbocycles. The van der Waals surface area contributed by atoms with Gasteiger partial charge in [-0.1, -0.05) is 6.92 Å². The van der Waals surface area contributed by atoms with Crippen molar-refractivity contribution in [3.05, 3.63) is 29.3 Å². The van der Waals surface area contributed by atoms with Crippen molar-refractivity contribution in [2.24, 2.45) is 5.84 Å². The minimum atomic E-state index is 0.0930. The molecule has 0 atom stereocenters. The van der Waals surface area contributed by atoms with Crippen molar-refractivity contribution in [2.75, 3.05) is 18.5 Å². The first-order valence-corrected chi connectivity index (χ1v) is 6.00. The molecule has 1 amide bonds. The Morgan fingerprint density at radius 1 is 1.41 bits per heavy atom. The summed E-state index contributed by atoms with van der Waals surface area (Å²) in [5, 5.41) is 0. The molecular weight excluding hydrogens is 214 g/mol. The zero-order valence-corrected chi connectivity index (χ0v) is 10.8. The lowest BCUT2D eigenvalue weighted by Crippen LogP contribution is -2.32. The van der Waals surface area contributed by atoms with Crippen molar-refractivity contribution in [3.63, 3.8) is 0 Å². The number of nitrogen functional groups attached to an aromatic ring is 1. The van der Waals surface area contributed by atoms with Crippen molar-refractivity contribution in [2.45, 2.75) is 27.2 Å². The molecule has 0 unspecified atom stereocenters. The second-order valence-electron chi connectivity index (χ2n) is 4.06. The molecule has 0 fully saturated rings. The molecule has 1 rings (SSSR count). The van der Waals surface area contributed by atoms with Gasteiger partial charge in [-0.05, 0) is 44.0 Å². The average molecular weight is 235 g/mol. The number of hydrogen-bond acceptors (Lipinski definition) is 3. The third-order valence-corrected chi connectivity index (χ3v) is 2.79. The lowest BCUT2D eigenvalue weighted by atomic mass is 10.1. The van der Waals surface area contributed by atoms with E-state index in [1.165, 1.54) is 0 Å². The van der Waals surface area contributed by atoms with Gasteiger partial charge in [-0.25, -0.2) is 0 Å². The Hall–Kier alpha value is -1.55. The molecule has 1 aromatic carbocycles. The SMILES string of the molecule is CCCN(CC)C(=O)c1ccc(NN)cc1C. The number of anilines is 1. The van der Waals surface area contributed by atoms with E-state index in [1.54, 1.807) is 0 Å². The molecule has 0 spiro atoms. The molecule has 0 saturated carbocycles. The van der Waals surface area contributed by atoms with Gasteiger partial charge in [0.2, 0.25) is 0 Å². The number of carbonyl (C=O) groups excluding carboxylic acids is 1. The quantitative estimate of drug-likeness (QED) is 0.607. The Morgan fingerprint density at radius 3 is 2.59 bits per heavy atom. The van der Waals surface area contributed by atoms with Crippen LogP contribution in [0.4, 0.5) is 5.69 Å². The van der Waals surface area contributed by atoms with Crippen molar-refractivity contribution >= 4 is 11.6 Å². The molecule has 4 heteroatoms. The Balaban J connectivity index is 2.95. The largest absolute Gasteiger partial charge is 0.339 e. The van der Waals surface area contributed by atoms with Crippen molar-refractivity contribution < 1.29 is 4.79 Å². The maximum absolute atomic E-state index is 12.3. The van der Waals surface area contributed by atoms with E-state index in [4.69, 9.17) is 5.84 Å². The van der Waals surface area contributed by atoms with Gasteiger partial charge in [0.15, 0.2) is 0 Å². The maximum atomic E-state index is 12.3. The van der Waals surface area contributed by atoms with Crippen molar-refractivity contribution in [1.82, 2.24) is 4.90 Å². The molecule has 0 aliphatic rings. The van der Waals surface area contributed by atoms with Crippen LogP contribution in [0.2, 0.25) is 0 Å². The standard InChI is InChI=1S/C13H21N3O/c1-4-8-16(5-2)13(17)12-7-6-11(15-14)9-10(12)3/h6-7,9,15H,4-5,8,14H2,1-3H3. The van der Waals surface area contributed by atoms with Crippen LogP contribution in [0, 0.1) is 6.92 Å². The number of hydrazine groups is 1. The second-order valence-corrected chi connectivity index (χ2v) is 4.06. The van der Waals surface area contributed by atoms with E-state index in [9.17, 15) is 4.79 Å². The van der Waals surface area contributed by atoms with Gasteiger partial charge >= 0.3 is 0 Å². The highest BCUT2D eigenvalue weighted by molar-refractivity contribution is 5.96. The van der Waals surface area contributed by atoms with Gasteiger partial charge in [-0.3, -0.25) is 10.6 Å². The third-order valence-electron chi connectivity index (χ3n) is 2.79. The summed E-state index contributed by atoms with van der Waals surface area (Å²) in [5.74, 6) is 5.43. The zero-order valence-electron chi connectivity index (χ0n) is 10.8. The molecule has 0 bridgehead atoms. The van der Waals surface area contributed by atoms with E-state index in [0.717, 1.165) is 36.3 Å². The first-order valence-electron chi connectivity index (χ1n) is 6.00. The summed E-state index contributed by atoms with van der Waals surface area (Å²) in [4.78, 5) is 14.1. The number of hydrogen-bond donors (Lipinski definition) is 2. The molecule has 4 nitrogen and oxygen atoms in total. The van der Waals surface area contributed by atoms with Crippen LogP contribution in [0.15, 0.2) is 18.2 Å². The minimum Gasteiger partial charge on any atom is -0.339 e. The summed E-state index contributed by atoms with van der Waals surface area (Å²) >= 11 is 0. The molecule has 1 aromatic rings. The first-order chi connectivity index (χ1) is 8.13. The first kappa shape index (κ1) is 13.5. The fourth-order valence-electron chi connectivity index (χ4n) is 1.84. The van der Waals surface area contributed by atoms with Crippen LogP contribution in [0.3, 0.4) is 0 Å². The lowest BCUT2D eigenvalue weighted by Gasteiger charge is -2.21. The predicted octanol–water partition coefficient (Wildman–Crippen LogP) is 2.15. The van der Waals surface area contributed by atoms with Gasteiger partial charge in [0.05, 0.1) is 0 Å². The van der Waals surface area contributed by atoms with Gasteiger partial charge in [0, 0.05) is 24.3 Å². The van der Waals surface area contributed by atoms with E-state index >= 15 is 0 Å². The number of amides is 1. The Bertz CT molecular complexity index is 390. The maximum Gasteiger partial charge on any atom is 0.254 e. The highest BCUT2D eigenvalue weighted by Gasteiger charge is 2.15. The summed E-state index contributed by atoms with van der Waals surface area (Å²) in [6, 6.07) is 5.53. The second kappa shape index (κ2) is 6.25. The van der Waals surface area contributed by atoms with Crippen LogP contribution in [-0.2, 0) is 0 Å². The van der Waals surface area contributed by atoms with Crippen molar-refractivity contribution in [3.8, 4) is 0 Å².